The van der Waals surface area contributed by atoms with Crippen molar-refractivity contribution in [3.8, 4) is 5.75 Å². The average molecular weight is 234 g/mol. The van der Waals surface area contributed by atoms with Gasteiger partial charge in [0.1, 0.15) is 11.9 Å². The molecule has 0 aliphatic rings. The van der Waals surface area contributed by atoms with E-state index in [9.17, 15) is 5.11 Å². The molecule has 3 heteroatoms. The van der Waals surface area contributed by atoms with Crippen molar-refractivity contribution in [2.24, 2.45) is 0 Å². The number of rotatable bonds is 3. The number of benzene rings is 1. The van der Waals surface area contributed by atoms with Gasteiger partial charge in [-0.3, -0.25) is 0 Å². The number of thiophene rings is 1. The van der Waals surface area contributed by atoms with Gasteiger partial charge in [0, 0.05) is 4.88 Å². The van der Waals surface area contributed by atoms with E-state index in [1.165, 1.54) is 4.88 Å². The van der Waals surface area contributed by atoms with Crippen LogP contribution in [0, 0.1) is 6.92 Å². The summed E-state index contributed by atoms with van der Waals surface area (Å²) in [5.74, 6) is 0.803. The smallest absolute Gasteiger partial charge is 0.118 e. The highest BCUT2D eigenvalue weighted by atomic mass is 32.1. The molecule has 2 nitrogen and oxygen atoms in total. The van der Waals surface area contributed by atoms with E-state index in [2.05, 4.69) is 0 Å². The quantitative estimate of drug-likeness (QED) is 0.884. The van der Waals surface area contributed by atoms with Crippen molar-refractivity contribution in [3.05, 3.63) is 51.7 Å². The Labute approximate surface area is 99.1 Å². The van der Waals surface area contributed by atoms with Crippen LogP contribution in [0.4, 0.5) is 0 Å². The maximum absolute atomic E-state index is 10.1. The largest absolute Gasteiger partial charge is 0.497 e. The van der Waals surface area contributed by atoms with E-state index in [0.29, 0.717) is 0 Å². The predicted molar refractivity (Wildman–Crippen MR) is 66.1 cm³/mol. The number of methoxy groups -OCH3 is 1. The molecule has 0 spiro atoms. The minimum absolute atomic E-state index is 0.546. The summed E-state index contributed by atoms with van der Waals surface area (Å²) in [5, 5.41) is 12.1. The number of aliphatic hydroxyl groups excluding tert-OH is 1. The van der Waals surface area contributed by atoms with Gasteiger partial charge in [-0.25, -0.2) is 0 Å². The van der Waals surface area contributed by atoms with E-state index >= 15 is 0 Å². The third kappa shape index (κ3) is 2.26. The van der Waals surface area contributed by atoms with E-state index in [-0.39, 0.29) is 0 Å². The Bertz CT molecular complexity index is 459. The molecule has 0 radical (unpaired) electrons. The molecule has 0 aliphatic carbocycles. The number of hydrogen-bond acceptors (Lipinski definition) is 3. The Morgan fingerprint density at radius 3 is 2.38 bits per heavy atom. The highest BCUT2D eigenvalue weighted by Gasteiger charge is 2.11. The van der Waals surface area contributed by atoms with Crippen molar-refractivity contribution in [1.82, 2.24) is 0 Å². The lowest BCUT2D eigenvalue weighted by Gasteiger charge is -2.09. The summed E-state index contributed by atoms with van der Waals surface area (Å²) >= 11 is 1.65. The topological polar surface area (TPSA) is 29.5 Å². The minimum atomic E-state index is -0.546. The van der Waals surface area contributed by atoms with Crippen LogP contribution in [0.2, 0.25) is 0 Å². The molecule has 1 heterocycles. The van der Waals surface area contributed by atoms with Gasteiger partial charge >= 0.3 is 0 Å². The molecular weight excluding hydrogens is 220 g/mol. The molecule has 0 saturated carbocycles. The average Bonchev–Trinajstić information content (AvgIpc) is 2.75. The zero-order chi connectivity index (χ0) is 11.5. The monoisotopic (exact) mass is 234 g/mol. The van der Waals surface area contributed by atoms with Crippen LogP contribution in [0.3, 0.4) is 0 Å². The molecule has 0 bridgehead atoms. The van der Waals surface area contributed by atoms with Crippen LogP contribution in [0.15, 0.2) is 35.7 Å². The molecular formula is C13H14O2S. The Balaban J connectivity index is 2.23. The van der Waals surface area contributed by atoms with Crippen LogP contribution in [-0.4, -0.2) is 12.2 Å². The molecule has 0 saturated heterocycles. The lowest BCUT2D eigenvalue weighted by molar-refractivity contribution is 0.220. The second-order valence-corrected chi connectivity index (χ2v) is 4.78. The van der Waals surface area contributed by atoms with E-state index in [4.69, 9.17) is 4.74 Å². The first kappa shape index (κ1) is 11.2. The van der Waals surface area contributed by atoms with Crippen molar-refractivity contribution in [2.45, 2.75) is 13.0 Å². The molecule has 1 unspecified atom stereocenters. The van der Waals surface area contributed by atoms with E-state index in [0.717, 1.165) is 16.9 Å². The molecule has 1 aromatic heterocycles. The summed E-state index contributed by atoms with van der Waals surface area (Å²) in [6.45, 7) is 2.04. The third-order valence-corrected chi connectivity index (χ3v) is 3.38. The van der Waals surface area contributed by atoms with Gasteiger partial charge in [-0.2, -0.15) is 0 Å². The normalized spacial score (nSPS) is 12.4. The molecule has 0 fully saturated rings. The molecule has 0 aliphatic heterocycles. The number of aryl methyl sites for hydroxylation is 1. The SMILES string of the molecule is COc1ccc(C(O)c2csc(C)c2)cc1. The van der Waals surface area contributed by atoms with Gasteiger partial charge < -0.3 is 9.84 Å². The maximum Gasteiger partial charge on any atom is 0.118 e. The molecule has 2 rings (SSSR count). The van der Waals surface area contributed by atoms with Gasteiger partial charge in [-0.1, -0.05) is 12.1 Å². The second kappa shape index (κ2) is 4.68. The fraction of sp³-hybridized carbons (Fsp3) is 0.231. The third-order valence-electron chi connectivity index (χ3n) is 2.50. The summed E-state index contributed by atoms with van der Waals surface area (Å²) in [6.07, 6.45) is -0.546. The van der Waals surface area contributed by atoms with E-state index in [1.54, 1.807) is 18.4 Å². The lowest BCUT2D eigenvalue weighted by Crippen LogP contribution is -1.97. The summed E-state index contributed by atoms with van der Waals surface area (Å²) in [4.78, 5) is 1.21. The molecule has 0 amide bonds. The zero-order valence-electron chi connectivity index (χ0n) is 9.31. The van der Waals surface area contributed by atoms with Crippen molar-refractivity contribution < 1.29 is 9.84 Å². The molecule has 16 heavy (non-hydrogen) atoms. The van der Waals surface area contributed by atoms with Crippen molar-refractivity contribution in [1.29, 1.82) is 0 Å². The van der Waals surface area contributed by atoms with E-state index in [1.807, 2.05) is 42.6 Å². The Kier molecular flexibility index (Phi) is 3.27. The Morgan fingerprint density at radius 1 is 1.19 bits per heavy atom. The van der Waals surface area contributed by atoms with Gasteiger partial charge in [0.2, 0.25) is 0 Å². The summed E-state index contributed by atoms with van der Waals surface area (Å²) in [5.41, 5.74) is 1.84. The summed E-state index contributed by atoms with van der Waals surface area (Å²) < 4.78 is 5.08. The molecule has 1 aromatic carbocycles. The first-order valence-corrected chi connectivity index (χ1v) is 5.95. The maximum atomic E-state index is 10.1. The van der Waals surface area contributed by atoms with Gasteiger partial charge in [0.25, 0.3) is 0 Å². The highest BCUT2D eigenvalue weighted by Crippen LogP contribution is 2.27. The summed E-state index contributed by atoms with van der Waals surface area (Å²) in [7, 11) is 1.63. The fourth-order valence-corrected chi connectivity index (χ4v) is 2.31. The minimum Gasteiger partial charge on any atom is -0.497 e. The second-order valence-electron chi connectivity index (χ2n) is 3.67. The van der Waals surface area contributed by atoms with Crippen molar-refractivity contribution >= 4 is 11.3 Å². The molecule has 2 aromatic rings. The standard InChI is InChI=1S/C13H14O2S/c1-9-7-11(8-16-9)13(14)10-3-5-12(15-2)6-4-10/h3-8,13-14H,1-2H3. The van der Waals surface area contributed by atoms with E-state index < -0.39 is 6.10 Å². The fourth-order valence-electron chi connectivity index (χ4n) is 1.59. The number of aliphatic hydroxyl groups is 1. The Hall–Kier alpha value is -1.32. The molecule has 1 N–H and O–H groups in total. The highest BCUT2D eigenvalue weighted by molar-refractivity contribution is 7.10. The van der Waals surface area contributed by atoms with Crippen LogP contribution in [-0.2, 0) is 0 Å². The predicted octanol–water partition coefficient (Wildman–Crippen LogP) is 3.15. The summed E-state index contributed by atoms with van der Waals surface area (Å²) in [6, 6.07) is 9.50. The number of hydrogen-bond donors (Lipinski definition) is 1. The van der Waals surface area contributed by atoms with Gasteiger partial charge in [0.15, 0.2) is 0 Å². The van der Waals surface area contributed by atoms with Crippen LogP contribution in [0.5, 0.6) is 5.75 Å². The van der Waals surface area contributed by atoms with Gasteiger partial charge in [-0.05, 0) is 41.6 Å². The van der Waals surface area contributed by atoms with Gasteiger partial charge in [0.05, 0.1) is 7.11 Å². The van der Waals surface area contributed by atoms with Crippen LogP contribution in [0.1, 0.15) is 22.1 Å². The van der Waals surface area contributed by atoms with Crippen molar-refractivity contribution in [3.63, 3.8) is 0 Å². The number of ether oxygens (including phenoxy) is 1. The van der Waals surface area contributed by atoms with Crippen molar-refractivity contribution in [2.75, 3.05) is 7.11 Å². The molecule has 1 atom stereocenters. The van der Waals surface area contributed by atoms with Crippen LogP contribution in [0.25, 0.3) is 0 Å². The van der Waals surface area contributed by atoms with Crippen LogP contribution >= 0.6 is 11.3 Å². The first-order valence-electron chi connectivity index (χ1n) is 5.08. The Morgan fingerprint density at radius 2 is 1.88 bits per heavy atom. The van der Waals surface area contributed by atoms with Crippen LogP contribution < -0.4 is 4.74 Å². The van der Waals surface area contributed by atoms with Gasteiger partial charge in [-0.15, -0.1) is 11.3 Å². The first-order chi connectivity index (χ1) is 7.70. The zero-order valence-corrected chi connectivity index (χ0v) is 10.1. The molecule has 84 valence electrons. The lowest BCUT2D eigenvalue weighted by atomic mass is 10.0.